The molecule has 0 radical (unpaired) electrons. The maximum absolute atomic E-state index is 6.00. The first-order chi connectivity index (χ1) is 12.1. The number of ether oxygens (including phenoxy) is 3. The SMILES string of the molecule is COc1cc(-c2csc(=S)n2-c2ccc(Cl)cc2)cc(OC)c1OC. The van der Waals surface area contributed by atoms with Crippen LogP contribution in [0.2, 0.25) is 5.02 Å². The Morgan fingerprint density at radius 2 is 1.56 bits per heavy atom. The molecule has 0 aliphatic rings. The Labute approximate surface area is 160 Å². The van der Waals surface area contributed by atoms with Gasteiger partial charge in [0, 0.05) is 21.7 Å². The fourth-order valence-corrected chi connectivity index (χ4v) is 3.81. The molecule has 0 saturated carbocycles. The number of thiazole rings is 1. The lowest BCUT2D eigenvalue weighted by atomic mass is 10.1. The highest BCUT2D eigenvalue weighted by Gasteiger charge is 2.17. The van der Waals surface area contributed by atoms with E-state index in [9.17, 15) is 0 Å². The number of hydrogen-bond acceptors (Lipinski definition) is 5. The molecule has 0 aliphatic carbocycles. The monoisotopic (exact) mass is 393 g/mol. The number of rotatable bonds is 5. The lowest BCUT2D eigenvalue weighted by Gasteiger charge is -2.15. The van der Waals surface area contributed by atoms with Crippen molar-refractivity contribution >= 4 is 35.2 Å². The zero-order valence-corrected chi connectivity index (χ0v) is 16.3. The lowest BCUT2D eigenvalue weighted by molar-refractivity contribution is 0.324. The highest BCUT2D eigenvalue weighted by Crippen LogP contribution is 2.42. The van der Waals surface area contributed by atoms with Gasteiger partial charge in [-0.3, -0.25) is 4.57 Å². The molecule has 0 spiro atoms. The van der Waals surface area contributed by atoms with Crippen LogP contribution in [0.4, 0.5) is 0 Å². The molecule has 1 aromatic heterocycles. The summed E-state index contributed by atoms with van der Waals surface area (Å²) in [5, 5.41) is 2.69. The molecule has 0 fully saturated rings. The average molecular weight is 394 g/mol. The second-order valence-electron chi connectivity index (χ2n) is 5.11. The molecule has 0 atom stereocenters. The number of nitrogens with zero attached hydrogens (tertiary/aromatic N) is 1. The lowest BCUT2D eigenvalue weighted by Crippen LogP contribution is -1.99. The topological polar surface area (TPSA) is 32.6 Å². The van der Waals surface area contributed by atoms with E-state index < -0.39 is 0 Å². The summed E-state index contributed by atoms with van der Waals surface area (Å²) < 4.78 is 19.0. The summed E-state index contributed by atoms with van der Waals surface area (Å²) in [5.41, 5.74) is 2.80. The fourth-order valence-electron chi connectivity index (χ4n) is 2.57. The number of hydrogen-bond donors (Lipinski definition) is 0. The molecule has 1 heterocycles. The molecule has 0 unspecified atom stereocenters. The van der Waals surface area contributed by atoms with Gasteiger partial charge in [0.1, 0.15) is 0 Å². The van der Waals surface area contributed by atoms with Crippen molar-refractivity contribution in [3.05, 3.63) is 50.8 Å². The summed E-state index contributed by atoms with van der Waals surface area (Å²) in [7, 11) is 4.78. The molecule has 25 heavy (non-hydrogen) atoms. The van der Waals surface area contributed by atoms with Gasteiger partial charge in [-0.05, 0) is 48.6 Å². The smallest absolute Gasteiger partial charge is 0.203 e. The van der Waals surface area contributed by atoms with Crippen LogP contribution in [0.1, 0.15) is 0 Å². The van der Waals surface area contributed by atoms with Gasteiger partial charge in [-0.1, -0.05) is 11.6 Å². The number of benzene rings is 2. The van der Waals surface area contributed by atoms with E-state index in [-0.39, 0.29) is 0 Å². The van der Waals surface area contributed by atoms with Gasteiger partial charge in [-0.2, -0.15) is 0 Å². The Morgan fingerprint density at radius 1 is 0.960 bits per heavy atom. The van der Waals surface area contributed by atoms with E-state index in [1.807, 2.05) is 46.3 Å². The average Bonchev–Trinajstić information content (AvgIpc) is 3.02. The fraction of sp³-hybridized carbons (Fsp3) is 0.167. The van der Waals surface area contributed by atoms with E-state index in [1.165, 1.54) is 11.3 Å². The van der Waals surface area contributed by atoms with E-state index in [0.29, 0.717) is 22.3 Å². The number of halogens is 1. The number of methoxy groups -OCH3 is 3. The van der Waals surface area contributed by atoms with Gasteiger partial charge in [0.2, 0.25) is 5.75 Å². The molecule has 0 aliphatic heterocycles. The standard InChI is InChI=1S/C18H16ClNO3S2/c1-21-15-8-11(9-16(22-2)17(15)23-3)14-10-25-18(24)20(14)13-6-4-12(19)5-7-13/h4-10H,1-3H3. The van der Waals surface area contributed by atoms with Gasteiger partial charge >= 0.3 is 0 Å². The number of aromatic nitrogens is 1. The van der Waals surface area contributed by atoms with Crippen molar-refractivity contribution in [1.29, 1.82) is 0 Å². The predicted molar refractivity (Wildman–Crippen MR) is 105 cm³/mol. The predicted octanol–water partition coefficient (Wildman–Crippen LogP) is 5.61. The summed E-state index contributed by atoms with van der Waals surface area (Å²) in [4.78, 5) is 0. The summed E-state index contributed by atoms with van der Waals surface area (Å²) in [6.07, 6.45) is 0. The van der Waals surface area contributed by atoms with Crippen LogP contribution < -0.4 is 14.2 Å². The Bertz CT molecular complexity index is 923. The van der Waals surface area contributed by atoms with Gasteiger partial charge in [0.15, 0.2) is 15.5 Å². The van der Waals surface area contributed by atoms with Crippen molar-refractivity contribution < 1.29 is 14.2 Å². The first kappa shape index (κ1) is 17.8. The van der Waals surface area contributed by atoms with E-state index >= 15 is 0 Å². The summed E-state index contributed by atoms with van der Waals surface area (Å²) in [6.45, 7) is 0. The molecule has 0 amide bonds. The van der Waals surface area contributed by atoms with Crippen LogP contribution in [0.25, 0.3) is 16.9 Å². The van der Waals surface area contributed by atoms with Crippen molar-refractivity contribution in [3.63, 3.8) is 0 Å². The molecule has 0 N–H and O–H groups in total. The Balaban J connectivity index is 2.21. The van der Waals surface area contributed by atoms with Crippen LogP contribution in [-0.4, -0.2) is 25.9 Å². The largest absolute Gasteiger partial charge is 0.493 e. The van der Waals surface area contributed by atoms with Crippen molar-refractivity contribution in [3.8, 4) is 34.2 Å². The summed E-state index contributed by atoms with van der Waals surface area (Å²) in [6, 6.07) is 11.4. The van der Waals surface area contributed by atoms with Gasteiger partial charge in [-0.15, -0.1) is 11.3 Å². The molecular weight excluding hydrogens is 378 g/mol. The van der Waals surface area contributed by atoms with E-state index in [1.54, 1.807) is 21.3 Å². The van der Waals surface area contributed by atoms with Crippen LogP contribution in [0.5, 0.6) is 17.2 Å². The molecule has 4 nitrogen and oxygen atoms in total. The molecule has 2 aromatic carbocycles. The summed E-state index contributed by atoms with van der Waals surface area (Å²) in [5.74, 6) is 1.74. The maximum Gasteiger partial charge on any atom is 0.203 e. The van der Waals surface area contributed by atoms with Crippen LogP contribution >= 0.6 is 35.2 Å². The van der Waals surface area contributed by atoms with Crippen molar-refractivity contribution in [2.24, 2.45) is 0 Å². The quantitative estimate of drug-likeness (QED) is 0.527. The third kappa shape index (κ3) is 3.38. The third-order valence-corrected chi connectivity index (χ3v) is 5.19. The highest BCUT2D eigenvalue weighted by atomic mass is 35.5. The highest BCUT2D eigenvalue weighted by molar-refractivity contribution is 7.73. The second kappa shape index (κ2) is 7.47. The van der Waals surface area contributed by atoms with Crippen LogP contribution in [-0.2, 0) is 0 Å². The van der Waals surface area contributed by atoms with Crippen molar-refractivity contribution in [2.45, 2.75) is 0 Å². The normalized spacial score (nSPS) is 10.6. The Kier molecular flexibility index (Phi) is 5.32. The minimum Gasteiger partial charge on any atom is -0.493 e. The zero-order valence-electron chi connectivity index (χ0n) is 13.9. The molecule has 7 heteroatoms. The minimum atomic E-state index is 0.556. The minimum absolute atomic E-state index is 0.556. The van der Waals surface area contributed by atoms with Gasteiger partial charge in [0.25, 0.3) is 0 Å². The van der Waals surface area contributed by atoms with Crippen LogP contribution in [0.3, 0.4) is 0 Å². The maximum atomic E-state index is 6.00. The Hall–Kier alpha value is -2.02. The van der Waals surface area contributed by atoms with Crippen molar-refractivity contribution in [2.75, 3.05) is 21.3 Å². The molecule has 3 aromatic rings. The van der Waals surface area contributed by atoms with E-state index in [4.69, 9.17) is 38.0 Å². The first-order valence-electron chi connectivity index (χ1n) is 7.36. The third-order valence-electron chi connectivity index (χ3n) is 3.74. The molecule has 3 rings (SSSR count). The van der Waals surface area contributed by atoms with Crippen LogP contribution in [0, 0.1) is 3.95 Å². The molecule has 0 saturated heterocycles. The molecular formula is C18H16ClNO3S2. The van der Waals surface area contributed by atoms with Gasteiger partial charge in [-0.25, -0.2) is 0 Å². The van der Waals surface area contributed by atoms with Gasteiger partial charge < -0.3 is 14.2 Å². The molecule has 0 bridgehead atoms. The van der Waals surface area contributed by atoms with Crippen LogP contribution in [0.15, 0.2) is 41.8 Å². The zero-order chi connectivity index (χ0) is 18.0. The first-order valence-corrected chi connectivity index (χ1v) is 9.02. The van der Waals surface area contributed by atoms with E-state index in [2.05, 4.69) is 0 Å². The van der Waals surface area contributed by atoms with Crippen molar-refractivity contribution in [1.82, 2.24) is 4.57 Å². The van der Waals surface area contributed by atoms with E-state index in [0.717, 1.165) is 20.9 Å². The summed E-state index contributed by atoms with van der Waals surface area (Å²) >= 11 is 13.0. The van der Waals surface area contributed by atoms with Gasteiger partial charge in [0.05, 0.1) is 27.0 Å². The Morgan fingerprint density at radius 3 is 2.08 bits per heavy atom. The molecule has 130 valence electrons. The second-order valence-corrected chi connectivity index (χ2v) is 7.05.